The van der Waals surface area contributed by atoms with Crippen LogP contribution < -0.4 is 14.8 Å². The maximum absolute atomic E-state index is 12.7. The number of ether oxygens (including phenoxy) is 1. The van der Waals surface area contributed by atoms with E-state index in [9.17, 15) is 4.79 Å². The smallest absolute Gasteiger partial charge is 0.291 e. The van der Waals surface area contributed by atoms with Gasteiger partial charge in [0, 0.05) is 5.56 Å². The lowest BCUT2D eigenvalue weighted by Gasteiger charge is -2.05. The molecule has 0 saturated heterocycles. The molecular weight excluding hydrogens is 370 g/mol. The van der Waals surface area contributed by atoms with Gasteiger partial charge in [-0.3, -0.25) is 4.79 Å². The average Bonchev–Trinajstić information content (AvgIpc) is 3.27. The number of hydrogen-bond donors (Lipinski definition) is 0. The Labute approximate surface area is 166 Å². The first-order chi connectivity index (χ1) is 13.7. The number of fused-ring (bicyclic) bond motifs is 1. The summed E-state index contributed by atoms with van der Waals surface area (Å²) in [7, 11) is 0. The third-order valence-electron chi connectivity index (χ3n) is 4.41. The molecule has 0 aliphatic heterocycles. The van der Waals surface area contributed by atoms with Crippen molar-refractivity contribution in [2.45, 2.75) is 26.2 Å². The van der Waals surface area contributed by atoms with Crippen LogP contribution >= 0.6 is 11.3 Å². The molecule has 0 N–H and O–H groups in total. The first-order valence-electron chi connectivity index (χ1n) is 9.44. The van der Waals surface area contributed by atoms with Gasteiger partial charge in [-0.05, 0) is 30.2 Å². The first-order valence-corrected chi connectivity index (χ1v) is 10.3. The van der Waals surface area contributed by atoms with Crippen molar-refractivity contribution < 1.29 is 4.74 Å². The van der Waals surface area contributed by atoms with Crippen molar-refractivity contribution in [2.24, 2.45) is 0 Å². The van der Waals surface area contributed by atoms with E-state index < -0.39 is 0 Å². The molecule has 28 heavy (non-hydrogen) atoms. The monoisotopic (exact) mass is 391 g/mol. The minimum absolute atomic E-state index is 0.144. The fourth-order valence-electron chi connectivity index (χ4n) is 2.90. The molecule has 5 nitrogen and oxygen atoms in total. The molecule has 0 aliphatic carbocycles. The minimum Gasteiger partial charge on any atom is -0.494 e. The molecule has 0 amide bonds. The summed E-state index contributed by atoms with van der Waals surface area (Å²) < 4.78 is 7.73. The predicted molar refractivity (Wildman–Crippen MR) is 113 cm³/mol. The topological polar surface area (TPSA) is 56.5 Å². The van der Waals surface area contributed by atoms with E-state index in [1.54, 1.807) is 0 Å². The van der Waals surface area contributed by atoms with Crippen LogP contribution in [0.1, 0.15) is 31.7 Å². The van der Waals surface area contributed by atoms with E-state index in [1.807, 2.05) is 60.7 Å². The normalized spacial score (nSPS) is 12.0. The summed E-state index contributed by atoms with van der Waals surface area (Å²) in [5, 5.41) is 4.37. The van der Waals surface area contributed by atoms with Gasteiger partial charge in [0.05, 0.1) is 11.1 Å². The molecule has 2 aromatic heterocycles. The second-order valence-electron chi connectivity index (χ2n) is 6.54. The number of aromatic nitrogens is 3. The van der Waals surface area contributed by atoms with Crippen molar-refractivity contribution in [3.05, 3.63) is 75.0 Å². The first kappa shape index (κ1) is 18.4. The quantitative estimate of drug-likeness (QED) is 0.448. The van der Waals surface area contributed by atoms with E-state index in [4.69, 9.17) is 4.74 Å². The van der Waals surface area contributed by atoms with Gasteiger partial charge in [-0.25, -0.2) is 0 Å². The Hall–Kier alpha value is -2.99. The second kappa shape index (κ2) is 8.35. The summed E-state index contributed by atoms with van der Waals surface area (Å²) in [4.78, 5) is 17.8. The average molecular weight is 391 g/mol. The number of hydrogen-bond acceptors (Lipinski definition) is 5. The number of thiazole rings is 1. The van der Waals surface area contributed by atoms with E-state index in [2.05, 4.69) is 17.0 Å². The van der Waals surface area contributed by atoms with Crippen molar-refractivity contribution in [2.75, 3.05) is 6.61 Å². The zero-order chi connectivity index (χ0) is 19.3. The van der Waals surface area contributed by atoms with Gasteiger partial charge in [0.2, 0.25) is 4.96 Å². The van der Waals surface area contributed by atoms with Crippen molar-refractivity contribution >= 4 is 22.4 Å². The Balaban J connectivity index is 1.55. The highest BCUT2D eigenvalue weighted by Gasteiger charge is 2.11. The van der Waals surface area contributed by atoms with Gasteiger partial charge >= 0.3 is 0 Å². The summed E-state index contributed by atoms with van der Waals surface area (Å²) in [6.45, 7) is 2.91. The predicted octanol–water partition coefficient (Wildman–Crippen LogP) is 3.93. The van der Waals surface area contributed by atoms with Gasteiger partial charge in [-0.15, -0.1) is 5.10 Å². The van der Waals surface area contributed by atoms with Crippen LogP contribution in [0.15, 0.2) is 59.4 Å². The SMILES string of the molecule is CCCCCOc1ccc(/C=c2/sc3nc(-c4ccccc4)nn3c2=O)cc1. The Kier molecular flexibility index (Phi) is 5.48. The highest BCUT2D eigenvalue weighted by Crippen LogP contribution is 2.16. The van der Waals surface area contributed by atoms with Crippen LogP contribution in [0.25, 0.3) is 22.4 Å². The molecule has 0 unspecified atom stereocenters. The summed E-state index contributed by atoms with van der Waals surface area (Å²) in [6, 6.07) is 17.5. The van der Waals surface area contributed by atoms with Crippen LogP contribution in [0.5, 0.6) is 5.75 Å². The van der Waals surface area contributed by atoms with Gasteiger partial charge < -0.3 is 4.74 Å². The third-order valence-corrected chi connectivity index (χ3v) is 5.37. The van der Waals surface area contributed by atoms with Gasteiger partial charge in [0.25, 0.3) is 5.56 Å². The van der Waals surface area contributed by atoms with Crippen LogP contribution in [0.2, 0.25) is 0 Å². The lowest BCUT2D eigenvalue weighted by atomic mass is 10.2. The largest absolute Gasteiger partial charge is 0.494 e. The Bertz CT molecular complexity index is 1160. The summed E-state index contributed by atoms with van der Waals surface area (Å²) >= 11 is 1.35. The number of unbranched alkanes of at least 4 members (excludes halogenated alkanes) is 2. The van der Waals surface area contributed by atoms with Crippen LogP contribution in [-0.4, -0.2) is 21.2 Å². The molecular formula is C22H21N3O2S. The molecule has 0 bridgehead atoms. The lowest BCUT2D eigenvalue weighted by molar-refractivity contribution is 0.306. The zero-order valence-electron chi connectivity index (χ0n) is 15.7. The van der Waals surface area contributed by atoms with E-state index in [1.165, 1.54) is 28.7 Å². The molecule has 0 aliphatic rings. The summed E-state index contributed by atoms with van der Waals surface area (Å²) in [5.74, 6) is 1.42. The van der Waals surface area contributed by atoms with E-state index in [0.29, 0.717) is 15.3 Å². The number of benzene rings is 2. The van der Waals surface area contributed by atoms with Crippen LogP contribution in [0.4, 0.5) is 0 Å². The molecule has 0 saturated carbocycles. The highest BCUT2D eigenvalue weighted by molar-refractivity contribution is 7.15. The van der Waals surface area contributed by atoms with E-state index in [0.717, 1.165) is 29.9 Å². The number of nitrogens with zero attached hydrogens (tertiary/aromatic N) is 3. The molecule has 0 fully saturated rings. The fourth-order valence-corrected chi connectivity index (χ4v) is 3.80. The van der Waals surface area contributed by atoms with Crippen molar-refractivity contribution in [3.8, 4) is 17.1 Å². The fraction of sp³-hybridized carbons (Fsp3) is 0.227. The molecule has 0 spiro atoms. The van der Waals surface area contributed by atoms with Crippen LogP contribution in [0.3, 0.4) is 0 Å². The maximum atomic E-state index is 12.7. The Morgan fingerprint density at radius 1 is 1.07 bits per heavy atom. The molecule has 4 rings (SSSR count). The molecule has 0 atom stereocenters. The highest BCUT2D eigenvalue weighted by atomic mass is 32.1. The number of rotatable bonds is 7. The minimum atomic E-state index is -0.144. The van der Waals surface area contributed by atoms with Gasteiger partial charge in [-0.1, -0.05) is 73.6 Å². The molecule has 6 heteroatoms. The summed E-state index contributed by atoms with van der Waals surface area (Å²) in [6.07, 6.45) is 5.29. The lowest BCUT2D eigenvalue weighted by Crippen LogP contribution is -2.23. The van der Waals surface area contributed by atoms with E-state index >= 15 is 0 Å². The van der Waals surface area contributed by atoms with E-state index in [-0.39, 0.29) is 5.56 Å². The maximum Gasteiger partial charge on any atom is 0.291 e. The van der Waals surface area contributed by atoms with Crippen LogP contribution in [-0.2, 0) is 0 Å². The Morgan fingerprint density at radius 3 is 2.57 bits per heavy atom. The van der Waals surface area contributed by atoms with Gasteiger partial charge in [-0.2, -0.15) is 9.50 Å². The van der Waals surface area contributed by atoms with Crippen molar-refractivity contribution in [1.82, 2.24) is 14.6 Å². The summed E-state index contributed by atoms with van der Waals surface area (Å²) in [5.41, 5.74) is 1.71. The van der Waals surface area contributed by atoms with Gasteiger partial charge in [0.15, 0.2) is 5.82 Å². The van der Waals surface area contributed by atoms with Gasteiger partial charge in [0.1, 0.15) is 5.75 Å². The van der Waals surface area contributed by atoms with Crippen LogP contribution in [0, 0.1) is 0 Å². The standard InChI is InChI=1S/C22H21N3O2S/c1-2-3-7-14-27-18-12-10-16(11-13-18)15-19-21(26)25-22(28-19)23-20(24-25)17-8-5-4-6-9-17/h4-6,8-13,15H,2-3,7,14H2,1H3/b19-15+. The zero-order valence-corrected chi connectivity index (χ0v) is 16.5. The van der Waals surface area contributed by atoms with Crippen molar-refractivity contribution in [1.29, 1.82) is 0 Å². The molecule has 2 aromatic carbocycles. The van der Waals surface area contributed by atoms with Crippen molar-refractivity contribution in [3.63, 3.8) is 0 Å². The second-order valence-corrected chi connectivity index (χ2v) is 7.55. The molecule has 0 radical (unpaired) electrons. The third kappa shape index (κ3) is 3.97. The molecule has 4 aromatic rings. The molecule has 142 valence electrons. The Morgan fingerprint density at radius 2 is 1.86 bits per heavy atom. The molecule has 2 heterocycles.